The summed E-state index contributed by atoms with van der Waals surface area (Å²) in [6.45, 7) is 2.07. The number of hydrogen-bond acceptors (Lipinski definition) is 2. The smallest absolute Gasteiger partial charge is 0.0992 e. The van der Waals surface area contributed by atoms with E-state index in [-0.39, 0.29) is 0 Å². The number of rotatable bonds is 2. The van der Waals surface area contributed by atoms with Crippen LogP contribution in [0.5, 0.6) is 0 Å². The first-order valence-corrected chi connectivity index (χ1v) is 5.73. The molecule has 2 nitrogen and oxygen atoms in total. The van der Waals surface area contributed by atoms with Crippen molar-refractivity contribution in [3.8, 4) is 6.07 Å². The van der Waals surface area contributed by atoms with E-state index in [9.17, 15) is 0 Å². The van der Waals surface area contributed by atoms with E-state index < -0.39 is 0 Å². The molecule has 0 aliphatic heterocycles. The molecule has 1 aliphatic rings. The number of nitrogens with one attached hydrogen (secondary N) is 1. The fraction of sp³-hybridized carbons (Fsp3) is 0.357. The lowest BCUT2D eigenvalue weighted by molar-refractivity contribution is 0.673. The minimum atomic E-state index is 0.418. The van der Waals surface area contributed by atoms with Crippen molar-refractivity contribution < 1.29 is 0 Å². The van der Waals surface area contributed by atoms with Crippen LogP contribution in [0.25, 0.3) is 0 Å². The molecule has 0 saturated carbocycles. The van der Waals surface area contributed by atoms with E-state index >= 15 is 0 Å². The monoisotopic (exact) mass is 212 g/mol. The predicted molar refractivity (Wildman–Crippen MR) is 66.3 cm³/mol. The molecule has 2 rings (SSSR count). The Labute approximate surface area is 96.6 Å². The van der Waals surface area contributed by atoms with Gasteiger partial charge < -0.3 is 5.32 Å². The maximum Gasteiger partial charge on any atom is 0.0992 e. The van der Waals surface area contributed by atoms with E-state index in [2.05, 4.69) is 30.5 Å². The van der Waals surface area contributed by atoms with E-state index in [1.165, 1.54) is 24.8 Å². The lowest BCUT2D eigenvalue weighted by Gasteiger charge is -2.20. The van der Waals surface area contributed by atoms with Crippen molar-refractivity contribution in [3.63, 3.8) is 0 Å². The van der Waals surface area contributed by atoms with Crippen LogP contribution in [0.2, 0.25) is 0 Å². The zero-order valence-corrected chi connectivity index (χ0v) is 9.53. The summed E-state index contributed by atoms with van der Waals surface area (Å²) in [5.41, 5.74) is 2.99. The zero-order valence-electron chi connectivity index (χ0n) is 9.53. The maximum atomic E-state index is 8.87. The number of hydrogen-bond donors (Lipinski definition) is 1. The summed E-state index contributed by atoms with van der Waals surface area (Å²) in [5, 5.41) is 12.4. The first kappa shape index (κ1) is 10.8. The van der Waals surface area contributed by atoms with Gasteiger partial charge in [0.25, 0.3) is 0 Å². The van der Waals surface area contributed by atoms with Crippen molar-refractivity contribution >= 4 is 5.69 Å². The predicted octanol–water partition coefficient (Wildman–Crippen LogP) is 3.39. The number of anilines is 1. The van der Waals surface area contributed by atoms with Crippen LogP contribution < -0.4 is 5.32 Å². The van der Waals surface area contributed by atoms with Crippen LogP contribution in [0.1, 0.15) is 30.4 Å². The fourth-order valence-electron chi connectivity index (χ4n) is 1.98. The average Bonchev–Trinajstić information content (AvgIpc) is 2.33. The molecule has 0 radical (unpaired) electrons. The van der Waals surface area contributed by atoms with Gasteiger partial charge in [0, 0.05) is 11.7 Å². The van der Waals surface area contributed by atoms with Crippen LogP contribution in [0, 0.1) is 18.3 Å². The Morgan fingerprint density at radius 2 is 2.31 bits per heavy atom. The van der Waals surface area contributed by atoms with Crippen LogP contribution in [0.4, 0.5) is 5.69 Å². The van der Waals surface area contributed by atoms with Crippen molar-refractivity contribution in [2.75, 3.05) is 5.32 Å². The Morgan fingerprint density at radius 1 is 1.44 bits per heavy atom. The molecule has 0 aromatic heterocycles. The Bertz CT molecular complexity index is 441. The second-order valence-electron chi connectivity index (χ2n) is 4.25. The van der Waals surface area contributed by atoms with Crippen LogP contribution in [0.3, 0.4) is 0 Å². The quantitative estimate of drug-likeness (QED) is 0.763. The Hall–Kier alpha value is -1.75. The average molecular weight is 212 g/mol. The third kappa shape index (κ3) is 2.43. The molecule has 0 spiro atoms. The van der Waals surface area contributed by atoms with Gasteiger partial charge in [-0.3, -0.25) is 0 Å². The Kier molecular flexibility index (Phi) is 3.26. The summed E-state index contributed by atoms with van der Waals surface area (Å²) in [6.07, 6.45) is 8.06. The SMILES string of the molecule is Cc1ccc(C#N)cc1NC1C=CCCC1. The van der Waals surface area contributed by atoms with Gasteiger partial charge in [-0.1, -0.05) is 18.2 Å². The number of nitrogens with zero attached hydrogens (tertiary/aromatic N) is 1. The van der Waals surface area contributed by atoms with Crippen molar-refractivity contribution in [1.29, 1.82) is 5.26 Å². The van der Waals surface area contributed by atoms with Gasteiger partial charge in [0.15, 0.2) is 0 Å². The third-order valence-corrected chi connectivity index (χ3v) is 2.96. The second kappa shape index (κ2) is 4.85. The van der Waals surface area contributed by atoms with Gasteiger partial charge in [-0.2, -0.15) is 5.26 Å². The Morgan fingerprint density at radius 3 is 3.00 bits per heavy atom. The van der Waals surface area contributed by atoms with E-state index in [0.29, 0.717) is 11.6 Å². The molecule has 0 saturated heterocycles. The number of aryl methyl sites for hydroxylation is 1. The lowest BCUT2D eigenvalue weighted by Crippen LogP contribution is -2.19. The van der Waals surface area contributed by atoms with Gasteiger partial charge >= 0.3 is 0 Å². The molecule has 0 amide bonds. The van der Waals surface area contributed by atoms with Crippen molar-refractivity contribution in [2.45, 2.75) is 32.2 Å². The summed E-state index contributed by atoms with van der Waals surface area (Å²) < 4.78 is 0. The van der Waals surface area contributed by atoms with E-state index in [0.717, 1.165) is 5.69 Å². The molecule has 82 valence electrons. The summed E-state index contributed by atoms with van der Waals surface area (Å²) in [7, 11) is 0. The number of nitriles is 1. The van der Waals surface area contributed by atoms with E-state index in [4.69, 9.17) is 5.26 Å². The summed E-state index contributed by atoms with van der Waals surface area (Å²) in [5.74, 6) is 0. The second-order valence-corrected chi connectivity index (χ2v) is 4.25. The number of allylic oxidation sites excluding steroid dienone is 1. The molecule has 1 aromatic rings. The molecule has 1 atom stereocenters. The fourth-order valence-corrected chi connectivity index (χ4v) is 1.98. The van der Waals surface area contributed by atoms with Crippen LogP contribution in [-0.4, -0.2) is 6.04 Å². The van der Waals surface area contributed by atoms with Gasteiger partial charge in [-0.15, -0.1) is 0 Å². The molecule has 2 heteroatoms. The van der Waals surface area contributed by atoms with Gasteiger partial charge in [0.1, 0.15) is 0 Å². The van der Waals surface area contributed by atoms with Crippen LogP contribution >= 0.6 is 0 Å². The number of benzene rings is 1. The molecular formula is C14H16N2. The molecule has 1 aromatic carbocycles. The Balaban J connectivity index is 2.17. The van der Waals surface area contributed by atoms with E-state index in [1.54, 1.807) is 0 Å². The minimum absolute atomic E-state index is 0.418. The molecule has 0 heterocycles. The highest BCUT2D eigenvalue weighted by molar-refractivity contribution is 5.56. The van der Waals surface area contributed by atoms with Gasteiger partial charge in [0.05, 0.1) is 11.6 Å². The molecule has 16 heavy (non-hydrogen) atoms. The topological polar surface area (TPSA) is 35.8 Å². The van der Waals surface area contributed by atoms with Crippen LogP contribution in [-0.2, 0) is 0 Å². The normalized spacial score (nSPS) is 19.1. The zero-order chi connectivity index (χ0) is 11.4. The van der Waals surface area contributed by atoms with Gasteiger partial charge in [-0.25, -0.2) is 0 Å². The van der Waals surface area contributed by atoms with E-state index in [1.807, 2.05) is 18.2 Å². The largest absolute Gasteiger partial charge is 0.379 e. The maximum absolute atomic E-state index is 8.87. The minimum Gasteiger partial charge on any atom is -0.379 e. The van der Waals surface area contributed by atoms with Gasteiger partial charge in [-0.05, 0) is 43.9 Å². The molecule has 1 unspecified atom stereocenters. The molecule has 0 fully saturated rings. The third-order valence-electron chi connectivity index (χ3n) is 2.96. The summed E-state index contributed by atoms with van der Waals surface area (Å²) in [4.78, 5) is 0. The summed E-state index contributed by atoms with van der Waals surface area (Å²) >= 11 is 0. The summed E-state index contributed by atoms with van der Waals surface area (Å²) in [6, 6.07) is 8.37. The van der Waals surface area contributed by atoms with Gasteiger partial charge in [0.2, 0.25) is 0 Å². The molecule has 1 N–H and O–H groups in total. The molecule has 1 aliphatic carbocycles. The lowest BCUT2D eigenvalue weighted by atomic mass is 10.0. The first-order valence-electron chi connectivity index (χ1n) is 5.73. The first-order chi connectivity index (χ1) is 7.79. The van der Waals surface area contributed by atoms with Crippen molar-refractivity contribution in [3.05, 3.63) is 41.5 Å². The van der Waals surface area contributed by atoms with Crippen LogP contribution in [0.15, 0.2) is 30.4 Å². The molecular weight excluding hydrogens is 196 g/mol. The highest BCUT2D eigenvalue weighted by atomic mass is 14.9. The standard InChI is InChI=1S/C14H16N2/c1-11-7-8-12(10-15)9-14(11)16-13-5-3-2-4-6-13/h3,5,7-9,13,16H,2,4,6H2,1H3. The highest BCUT2D eigenvalue weighted by Gasteiger charge is 2.09. The molecule has 0 bridgehead atoms. The van der Waals surface area contributed by atoms with Crippen molar-refractivity contribution in [1.82, 2.24) is 0 Å². The highest BCUT2D eigenvalue weighted by Crippen LogP contribution is 2.21. The van der Waals surface area contributed by atoms with Crippen molar-refractivity contribution in [2.24, 2.45) is 0 Å².